The number of rotatable bonds is 2. The monoisotopic (exact) mass is 342 g/mol. The van der Waals surface area contributed by atoms with Gasteiger partial charge >= 0.3 is 0 Å². The summed E-state index contributed by atoms with van der Waals surface area (Å²) < 4.78 is 0. The molecule has 0 aliphatic carbocycles. The molecule has 1 saturated heterocycles. The Balaban J connectivity index is 0.00000180. The smallest absolute Gasteiger partial charge is 0.253 e. The van der Waals surface area contributed by atoms with Crippen LogP contribution in [0.25, 0.3) is 0 Å². The largest absolute Gasteiger partial charge is 0.337 e. The van der Waals surface area contributed by atoms with Crippen LogP contribution in [0.4, 0.5) is 0 Å². The van der Waals surface area contributed by atoms with Crippen LogP contribution in [0.2, 0.25) is 15.1 Å². The van der Waals surface area contributed by atoms with Crippen molar-refractivity contribution in [3.05, 3.63) is 32.8 Å². The van der Waals surface area contributed by atoms with Gasteiger partial charge in [0.25, 0.3) is 5.91 Å². The van der Waals surface area contributed by atoms with Gasteiger partial charge in [0.05, 0.1) is 15.1 Å². The highest BCUT2D eigenvalue weighted by Gasteiger charge is 2.24. The second-order valence-corrected chi connectivity index (χ2v) is 5.51. The molecule has 0 saturated carbocycles. The lowest BCUT2D eigenvalue weighted by Gasteiger charge is -2.24. The molecule has 0 radical (unpaired) electrons. The summed E-state index contributed by atoms with van der Waals surface area (Å²) in [6.45, 7) is 1.75. The molecule has 2 rings (SSSR count). The number of benzene rings is 1. The molecule has 0 spiro atoms. The lowest BCUT2D eigenvalue weighted by atomic mass is 10.1. The minimum absolute atomic E-state index is 0. The average molecular weight is 344 g/mol. The minimum Gasteiger partial charge on any atom is -0.337 e. The van der Waals surface area contributed by atoms with Crippen LogP contribution in [0.1, 0.15) is 16.8 Å². The lowest BCUT2D eigenvalue weighted by Crippen LogP contribution is -2.38. The number of likely N-dealkylation sites (N-methyl/N-ethyl adjacent to an activating group) is 1. The van der Waals surface area contributed by atoms with Crippen LogP contribution in [0.3, 0.4) is 0 Å². The van der Waals surface area contributed by atoms with E-state index in [9.17, 15) is 4.79 Å². The van der Waals surface area contributed by atoms with E-state index in [1.165, 1.54) is 0 Å². The second-order valence-electron chi connectivity index (χ2n) is 4.32. The SMILES string of the molecule is CN(C(=O)c1cc(Cl)c(Cl)c(Cl)c1)C1CCNC1.Cl. The van der Waals surface area contributed by atoms with Crippen molar-refractivity contribution < 1.29 is 4.79 Å². The summed E-state index contributed by atoms with van der Waals surface area (Å²) in [5.41, 5.74) is 0.462. The molecule has 19 heavy (non-hydrogen) atoms. The number of nitrogens with zero attached hydrogens (tertiary/aromatic N) is 1. The molecule has 1 fully saturated rings. The zero-order valence-electron chi connectivity index (χ0n) is 10.3. The summed E-state index contributed by atoms with van der Waals surface area (Å²) in [6, 6.07) is 3.32. The molecule has 1 atom stereocenters. The van der Waals surface area contributed by atoms with Gasteiger partial charge in [0.2, 0.25) is 0 Å². The molecule has 0 bridgehead atoms. The second kappa shape index (κ2) is 7.00. The zero-order chi connectivity index (χ0) is 13.3. The van der Waals surface area contributed by atoms with Gasteiger partial charge in [-0.2, -0.15) is 0 Å². The van der Waals surface area contributed by atoms with Crippen molar-refractivity contribution >= 4 is 53.1 Å². The highest BCUT2D eigenvalue weighted by Crippen LogP contribution is 2.31. The van der Waals surface area contributed by atoms with Crippen molar-refractivity contribution in [2.75, 3.05) is 20.1 Å². The van der Waals surface area contributed by atoms with Crippen LogP contribution in [0, 0.1) is 0 Å². The van der Waals surface area contributed by atoms with Crippen LogP contribution >= 0.6 is 47.2 Å². The predicted molar refractivity (Wildman–Crippen MR) is 82.1 cm³/mol. The summed E-state index contributed by atoms with van der Waals surface area (Å²) in [7, 11) is 1.79. The first-order valence-electron chi connectivity index (χ1n) is 5.63. The van der Waals surface area contributed by atoms with E-state index in [0.29, 0.717) is 15.6 Å². The van der Waals surface area contributed by atoms with Gasteiger partial charge < -0.3 is 10.2 Å². The number of hydrogen-bond donors (Lipinski definition) is 1. The first kappa shape index (κ1) is 16.9. The van der Waals surface area contributed by atoms with Gasteiger partial charge in [0.1, 0.15) is 0 Å². The van der Waals surface area contributed by atoms with Crippen LogP contribution < -0.4 is 5.32 Å². The van der Waals surface area contributed by atoms with Crippen molar-refractivity contribution in [2.45, 2.75) is 12.5 Å². The molecule has 1 aromatic rings. The van der Waals surface area contributed by atoms with E-state index in [0.717, 1.165) is 19.5 Å². The van der Waals surface area contributed by atoms with Gasteiger partial charge in [-0.1, -0.05) is 34.8 Å². The fraction of sp³-hybridized carbons (Fsp3) is 0.417. The third kappa shape index (κ3) is 3.67. The summed E-state index contributed by atoms with van der Waals surface area (Å²) in [4.78, 5) is 14.0. The molecule has 1 heterocycles. The van der Waals surface area contributed by atoms with E-state index in [2.05, 4.69) is 5.32 Å². The molecule has 1 amide bonds. The van der Waals surface area contributed by atoms with Crippen molar-refractivity contribution in [3.63, 3.8) is 0 Å². The van der Waals surface area contributed by atoms with E-state index in [4.69, 9.17) is 34.8 Å². The molecule has 1 unspecified atom stereocenters. The number of nitrogens with one attached hydrogen (secondary N) is 1. The first-order chi connectivity index (χ1) is 8.50. The number of carbonyl (C=O) groups is 1. The molecule has 106 valence electrons. The van der Waals surface area contributed by atoms with E-state index >= 15 is 0 Å². The van der Waals surface area contributed by atoms with Gasteiger partial charge in [-0.25, -0.2) is 0 Å². The van der Waals surface area contributed by atoms with Crippen molar-refractivity contribution in [1.82, 2.24) is 10.2 Å². The molecule has 3 nitrogen and oxygen atoms in total. The number of hydrogen-bond acceptors (Lipinski definition) is 2. The first-order valence-corrected chi connectivity index (χ1v) is 6.76. The van der Waals surface area contributed by atoms with Gasteiger partial charge in [0, 0.05) is 25.2 Å². The average Bonchev–Trinajstić information content (AvgIpc) is 2.87. The Morgan fingerprint density at radius 1 is 1.32 bits per heavy atom. The van der Waals surface area contributed by atoms with E-state index < -0.39 is 0 Å². The number of amides is 1. The summed E-state index contributed by atoms with van der Waals surface area (Å²) in [5, 5.41) is 4.10. The fourth-order valence-corrected chi connectivity index (χ4v) is 2.61. The molecule has 7 heteroatoms. The quantitative estimate of drug-likeness (QED) is 0.833. The molecular weight excluding hydrogens is 330 g/mol. The topological polar surface area (TPSA) is 32.3 Å². The molecule has 1 aliphatic heterocycles. The number of halogens is 4. The Labute approximate surface area is 133 Å². The van der Waals surface area contributed by atoms with Gasteiger partial charge in [0.15, 0.2) is 0 Å². The minimum atomic E-state index is -0.0934. The van der Waals surface area contributed by atoms with Crippen LogP contribution in [0.15, 0.2) is 12.1 Å². The number of carbonyl (C=O) groups excluding carboxylic acids is 1. The normalized spacial score (nSPS) is 18.0. The predicted octanol–water partition coefficient (Wildman–Crippen LogP) is 3.50. The maximum absolute atomic E-state index is 12.3. The Hall–Kier alpha value is -0.190. The molecule has 0 aromatic heterocycles. The van der Waals surface area contributed by atoms with E-state index in [1.807, 2.05) is 0 Å². The third-order valence-corrected chi connectivity index (χ3v) is 4.33. The van der Waals surface area contributed by atoms with Gasteiger partial charge in [-0.15, -0.1) is 12.4 Å². The van der Waals surface area contributed by atoms with Gasteiger partial charge in [-0.3, -0.25) is 4.79 Å². The highest BCUT2D eigenvalue weighted by atomic mass is 35.5. The Bertz CT molecular complexity index is 452. The maximum Gasteiger partial charge on any atom is 0.253 e. The summed E-state index contributed by atoms with van der Waals surface area (Å²) in [5.74, 6) is -0.0934. The highest BCUT2D eigenvalue weighted by molar-refractivity contribution is 6.48. The standard InChI is InChI=1S/C12H13Cl3N2O.ClH/c1-17(8-2-3-16-6-8)12(18)7-4-9(13)11(15)10(14)5-7;/h4-5,8,16H,2-3,6H2,1H3;1H. The molecule has 1 N–H and O–H groups in total. The van der Waals surface area contributed by atoms with Crippen LogP contribution in [0.5, 0.6) is 0 Å². The van der Waals surface area contributed by atoms with Crippen LogP contribution in [-0.4, -0.2) is 37.0 Å². The Kier molecular flexibility index (Phi) is 6.21. The fourth-order valence-electron chi connectivity index (χ4n) is 2.02. The Morgan fingerprint density at radius 2 is 1.89 bits per heavy atom. The summed E-state index contributed by atoms with van der Waals surface area (Å²) >= 11 is 17.7. The molecule has 1 aliphatic rings. The van der Waals surface area contributed by atoms with Gasteiger partial charge in [-0.05, 0) is 25.1 Å². The van der Waals surface area contributed by atoms with Crippen molar-refractivity contribution in [3.8, 4) is 0 Å². The zero-order valence-corrected chi connectivity index (χ0v) is 13.3. The summed E-state index contributed by atoms with van der Waals surface area (Å²) in [6.07, 6.45) is 0.956. The molecule has 1 aromatic carbocycles. The van der Waals surface area contributed by atoms with Crippen molar-refractivity contribution in [1.29, 1.82) is 0 Å². The van der Waals surface area contributed by atoms with E-state index in [1.54, 1.807) is 24.1 Å². The molecular formula is C12H14Cl4N2O. The van der Waals surface area contributed by atoms with E-state index in [-0.39, 0.29) is 29.4 Å². The van der Waals surface area contributed by atoms with Crippen LogP contribution in [-0.2, 0) is 0 Å². The Morgan fingerprint density at radius 3 is 2.37 bits per heavy atom. The van der Waals surface area contributed by atoms with Crippen molar-refractivity contribution in [2.24, 2.45) is 0 Å². The third-order valence-electron chi connectivity index (χ3n) is 3.13. The maximum atomic E-state index is 12.3. The lowest BCUT2D eigenvalue weighted by molar-refractivity contribution is 0.0744.